The Labute approximate surface area is 297 Å². The largest absolute Gasteiger partial charge is 0.482 e. The van der Waals surface area contributed by atoms with Crippen molar-refractivity contribution in [2.24, 2.45) is 11.7 Å². The molecule has 1 aromatic rings. The minimum absolute atomic E-state index is 0.0390. The second kappa shape index (κ2) is 19.3. The minimum Gasteiger partial charge on any atom is -0.482 e. The maximum absolute atomic E-state index is 13.2. The number of aliphatic hydroxyl groups excluding tert-OH is 2. The monoisotopic (exact) mass is 721 g/mol. The maximum Gasteiger partial charge on any atom is 0.330 e. The van der Waals surface area contributed by atoms with Gasteiger partial charge in [0.25, 0.3) is 11.5 Å². The van der Waals surface area contributed by atoms with E-state index in [-0.39, 0.29) is 24.1 Å². The number of nitrogens with zero attached hydrogens (tertiary/aromatic N) is 1. The first-order valence-electron chi connectivity index (χ1n) is 18.2. The number of hydrogen-bond acceptors (Lipinski definition) is 11. The van der Waals surface area contributed by atoms with Crippen LogP contribution >= 0.6 is 0 Å². The molecule has 3 amide bonds. The third-order valence-electron chi connectivity index (χ3n) is 9.87. The third kappa shape index (κ3) is 10.7. The predicted octanol–water partition coefficient (Wildman–Crippen LogP) is 0.644. The fourth-order valence-electron chi connectivity index (χ4n) is 7.01. The maximum atomic E-state index is 13.2. The second-order valence-electron chi connectivity index (χ2n) is 13.8. The van der Waals surface area contributed by atoms with Crippen molar-refractivity contribution in [1.29, 1.82) is 0 Å². The summed E-state index contributed by atoms with van der Waals surface area (Å²) in [4.78, 5) is 65.8. The molecule has 2 fully saturated rings. The predicted molar refractivity (Wildman–Crippen MR) is 184 cm³/mol. The summed E-state index contributed by atoms with van der Waals surface area (Å²) in [6.07, 6.45) is 3.99. The number of ether oxygens (including phenoxy) is 4. The fraction of sp³-hybridized carbons (Fsp3) is 0.743. The number of carbonyl (C=O) groups excluding carboxylic acids is 3. The first-order valence-corrected chi connectivity index (χ1v) is 18.2. The normalized spacial score (nSPS) is 30.1. The van der Waals surface area contributed by atoms with E-state index < -0.39 is 77.9 Å². The number of rotatable bonds is 18. The van der Waals surface area contributed by atoms with E-state index in [9.17, 15) is 34.2 Å². The van der Waals surface area contributed by atoms with Gasteiger partial charge in [-0.1, -0.05) is 51.9 Å². The van der Waals surface area contributed by atoms with E-state index in [0.29, 0.717) is 19.4 Å². The van der Waals surface area contributed by atoms with Gasteiger partial charge in [0.15, 0.2) is 12.0 Å². The quantitative estimate of drug-likeness (QED) is 0.115. The highest BCUT2D eigenvalue weighted by Crippen LogP contribution is 2.39. The number of nitrogens with two attached hydrogens (primary N) is 1. The number of carbonyl (C=O) groups is 3. The minimum atomic E-state index is -1.56. The van der Waals surface area contributed by atoms with E-state index in [2.05, 4.69) is 22.5 Å². The van der Waals surface area contributed by atoms with Crippen molar-refractivity contribution in [3.63, 3.8) is 0 Å². The Morgan fingerprint density at radius 2 is 1.78 bits per heavy atom. The summed E-state index contributed by atoms with van der Waals surface area (Å²) in [7, 11) is 1.40. The molecule has 16 heteroatoms. The van der Waals surface area contributed by atoms with Gasteiger partial charge in [0.1, 0.15) is 42.7 Å². The molecule has 0 aromatic carbocycles. The Hall–Kier alpha value is -3.57. The standard InChI is InChI=1S/C35H55N5O11/c1-4-5-6-7-8-9-10-11-17-49-30-29(48-3)28(51-34(30)40-16-15-26(42)39-35(40)47)21(31(36)44)18-24-27(43)23(41)19-25(50-24)33(46)38-22-14-12-13-20(2)37-32(22)45/h15-16,19-24,27-30,34,41,43H,4-14,17-18H2,1-3H3,(H2,36,44)(H,37,45)(H,38,46)(H,39,42,47)/t20-,21-,22+,23+,24-,27+,28-,29-,30-,34-/m1/s1. The van der Waals surface area contributed by atoms with Crippen LogP contribution in [0.3, 0.4) is 0 Å². The molecule has 286 valence electrons. The Balaban J connectivity index is 1.49. The summed E-state index contributed by atoms with van der Waals surface area (Å²) in [5.41, 5.74) is 4.53. The van der Waals surface area contributed by atoms with Gasteiger partial charge in [-0.05, 0) is 38.7 Å². The van der Waals surface area contributed by atoms with Crippen molar-refractivity contribution < 1.29 is 43.5 Å². The van der Waals surface area contributed by atoms with Crippen LogP contribution in [-0.2, 0) is 33.3 Å². The summed E-state index contributed by atoms with van der Waals surface area (Å²) in [5, 5.41) is 27.1. The number of aromatic amines is 1. The fourth-order valence-corrected chi connectivity index (χ4v) is 7.01. The van der Waals surface area contributed by atoms with Crippen molar-refractivity contribution >= 4 is 17.7 Å². The van der Waals surface area contributed by atoms with Gasteiger partial charge in [0.05, 0.1) is 5.92 Å². The van der Waals surface area contributed by atoms with Crippen molar-refractivity contribution in [1.82, 2.24) is 20.2 Å². The van der Waals surface area contributed by atoms with Crippen molar-refractivity contribution in [3.8, 4) is 0 Å². The van der Waals surface area contributed by atoms with E-state index in [0.717, 1.165) is 48.8 Å². The van der Waals surface area contributed by atoms with Gasteiger partial charge in [-0.2, -0.15) is 0 Å². The van der Waals surface area contributed by atoms with Gasteiger partial charge in [-0.25, -0.2) is 4.79 Å². The lowest BCUT2D eigenvalue weighted by molar-refractivity contribution is -0.142. The van der Waals surface area contributed by atoms with Crippen molar-refractivity contribution in [3.05, 3.63) is 44.9 Å². The van der Waals surface area contributed by atoms with Crippen LogP contribution in [0.4, 0.5) is 0 Å². The van der Waals surface area contributed by atoms with Crippen LogP contribution < -0.4 is 27.6 Å². The molecular formula is C35H55N5O11. The Morgan fingerprint density at radius 3 is 2.45 bits per heavy atom. The number of aromatic nitrogens is 2. The van der Waals surface area contributed by atoms with E-state index in [1.54, 1.807) is 0 Å². The number of aliphatic hydroxyl groups is 2. The van der Waals surface area contributed by atoms with Gasteiger partial charge in [-0.3, -0.25) is 28.7 Å². The van der Waals surface area contributed by atoms with Gasteiger partial charge in [0, 0.05) is 38.4 Å². The molecule has 3 aliphatic heterocycles. The molecule has 4 heterocycles. The summed E-state index contributed by atoms with van der Waals surface area (Å²) >= 11 is 0. The lowest BCUT2D eigenvalue weighted by Gasteiger charge is -2.35. The average Bonchev–Trinajstić information content (AvgIpc) is 3.35. The molecule has 4 rings (SSSR count). The molecule has 0 unspecified atom stereocenters. The molecule has 3 aliphatic rings. The van der Waals surface area contributed by atoms with Crippen LogP contribution in [0.1, 0.15) is 97.1 Å². The Bertz CT molecular complexity index is 1460. The van der Waals surface area contributed by atoms with Crippen LogP contribution in [-0.4, -0.2) is 99.9 Å². The Morgan fingerprint density at radius 1 is 1.08 bits per heavy atom. The van der Waals surface area contributed by atoms with Crippen LogP contribution in [0, 0.1) is 5.92 Å². The zero-order chi connectivity index (χ0) is 37.1. The van der Waals surface area contributed by atoms with Gasteiger partial charge < -0.3 is 45.5 Å². The lowest BCUT2D eigenvalue weighted by Crippen LogP contribution is -2.51. The zero-order valence-corrected chi connectivity index (χ0v) is 29.8. The van der Waals surface area contributed by atoms with Crippen LogP contribution in [0.5, 0.6) is 0 Å². The molecule has 0 bridgehead atoms. The van der Waals surface area contributed by atoms with Gasteiger partial charge in [0.2, 0.25) is 11.8 Å². The SMILES string of the molecule is CCCCCCCCCCO[C@@H]1[C@H](OC)[C@@H]([C@@H](C[C@H]2OC(C(=O)N[C@H]3CCC[C@@H](C)NC3=O)=C[C@H](O)[C@@H]2O)C(N)=O)O[C@H]1n1ccc(=O)[nH]c1=O. The van der Waals surface area contributed by atoms with E-state index in [4.69, 9.17) is 24.7 Å². The number of H-pyrrole nitrogens is 1. The highest BCUT2D eigenvalue weighted by molar-refractivity contribution is 5.95. The number of hydrogen-bond donors (Lipinski definition) is 6. The van der Waals surface area contributed by atoms with Gasteiger partial charge in [-0.15, -0.1) is 0 Å². The summed E-state index contributed by atoms with van der Waals surface area (Å²) in [6.45, 7) is 4.36. The molecule has 0 spiro atoms. The average molecular weight is 722 g/mol. The molecule has 0 radical (unpaired) electrons. The van der Waals surface area contributed by atoms with Crippen molar-refractivity contribution in [2.45, 2.75) is 146 Å². The highest BCUT2D eigenvalue weighted by atomic mass is 16.6. The molecule has 1 aromatic heterocycles. The number of unbranched alkanes of at least 4 members (excludes halogenated alkanes) is 7. The smallest absolute Gasteiger partial charge is 0.330 e. The molecule has 0 saturated carbocycles. The number of primary amides is 1. The molecule has 10 atom stereocenters. The van der Waals surface area contributed by atoms with E-state index in [1.165, 1.54) is 39.0 Å². The van der Waals surface area contributed by atoms with Crippen molar-refractivity contribution in [2.75, 3.05) is 13.7 Å². The topological polar surface area (TPSA) is 234 Å². The zero-order valence-electron chi connectivity index (χ0n) is 29.8. The van der Waals surface area contributed by atoms with Crippen LogP contribution in [0.2, 0.25) is 0 Å². The van der Waals surface area contributed by atoms with E-state index >= 15 is 0 Å². The second-order valence-corrected chi connectivity index (χ2v) is 13.8. The molecular weight excluding hydrogens is 666 g/mol. The molecule has 16 nitrogen and oxygen atoms in total. The van der Waals surface area contributed by atoms with Gasteiger partial charge >= 0.3 is 5.69 Å². The van der Waals surface area contributed by atoms with Crippen LogP contribution in [0.15, 0.2) is 33.7 Å². The lowest BCUT2D eigenvalue weighted by atomic mass is 9.87. The van der Waals surface area contributed by atoms with Crippen LogP contribution in [0.25, 0.3) is 0 Å². The number of amides is 3. The first kappa shape index (κ1) is 40.2. The van der Waals surface area contributed by atoms with E-state index in [1.807, 2.05) is 6.92 Å². The Kier molecular flexibility index (Phi) is 15.2. The number of methoxy groups -OCH3 is 1. The molecule has 7 N–H and O–H groups in total. The summed E-state index contributed by atoms with van der Waals surface area (Å²) in [5.74, 6) is -3.51. The molecule has 51 heavy (non-hydrogen) atoms. The molecule has 2 saturated heterocycles. The highest BCUT2D eigenvalue weighted by Gasteiger charge is 2.53. The first-order chi connectivity index (χ1) is 24.4. The summed E-state index contributed by atoms with van der Waals surface area (Å²) < 4.78 is 25.4. The summed E-state index contributed by atoms with van der Waals surface area (Å²) in [6, 6.07) is 0.299. The third-order valence-corrected chi connectivity index (χ3v) is 9.87. The molecule has 0 aliphatic carbocycles. The number of nitrogens with one attached hydrogen (secondary N) is 3.